The van der Waals surface area contributed by atoms with Crippen molar-refractivity contribution in [2.45, 2.75) is 57.7 Å². The van der Waals surface area contributed by atoms with Crippen LogP contribution in [0.3, 0.4) is 0 Å². The van der Waals surface area contributed by atoms with Gasteiger partial charge in [0.1, 0.15) is 0 Å². The van der Waals surface area contributed by atoms with Gasteiger partial charge in [0.15, 0.2) is 5.16 Å². The molecule has 0 amide bonds. The van der Waals surface area contributed by atoms with Crippen molar-refractivity contribution in [1.29, 1.82) is 0 Å². The number of rotatable bonds is 7. The fraction of sp³-hybridized carbons (Fsp3) is 0.750. The average Bonchev–Trinajstić information content (AvgIpc) is 3.26. The molecule has 1 aromatic rings. The Balaban J connectivity index is 1.45. The lowest BCUT2D eigenvalue weighted by atomic mass is 10.1. The standard InChI is InChI=1S/C16H25N3S/c1-10-11(2)18-16(19-12(10)3)20-9-8-17-15(13-4-5-13)14-6-7-14/h13-15,17H,4-9H2,1-3H3. The summed E-state index contributed by atoms with van der Waals surface area (Å²) in [5, 5.41) is 4.71. The number of hydrogen-bond donors (Lipinski definition) is 1. The molecule has 3 nitrogen and oxygen atoms in total. The Bertz CT molecular complexity index is 446. The second-order valence-electron chi connectivity index (χ2n) is 6.31. The van der Waals surface area contributed by atoms with Crippen molar-refractivity contribution in [2.75, 3.05) is 12.3 Å². The summed E-state index contributed by atoms with van der Waals surface area (Å²) in [6.45, 7) is 7.32. The zero-order valence-electron chi connectivity index (χ0n) is 12.8. The third kappa shape index (κ3) is 3.53. The quantitative estimate of drug-likeness (QED) is 0.475. The molecule has 1 heterocycles. The fourth-order valence-corrected chi connectivity index (χ4v) is 3.61. The molecule has 0 unspecified atom stereocenters. The summed E-state index contributed by atoms with van der Waals surface area (Å²) in [5.41, 5.74) is 3.44. The van der Waals surface area contributed by atoms with E-state index in [-0.39, 0.29) is 0 Å². The van der Waals surface area contributed by atoms with Crippen molar-refractivity contribution in [2.24, 2.45) is 11.8 Å². The lowest BCUT2D eigenvalue weighted by Gasteiger charge is -2.17. The monoisotopic (exact) mass is 291 g/mol. The maximum atomic E-state index is 4.57. The first kappa shape index (κ1) is 14.3. The fourth-order valence-electron chi connectivity index (χ4n) is 2.80. The number of nitrogens with one attached hydrogen (secondary N) is 1. The van der Waals surface area contributed by atoms with E-state index in [0.29, 0.717) is 0 Å². The van der Waals surface area contributed by atoms with Gasteiger partial charge in [-0.3, -0.25) is 0 Å². The minimum atomic E-state index is 0.804. The smallest absolute Gasteiger partial charge is 0.188 e. The molecule has 0 bridgehead atoms. The van der Waals surface area contributed by atoms with E-state index in [1.54, 1.807) is 11.8 Å². The molecule has 0 saturated heterocycles. The van der Waals surface area contributed by atoms with E-state index in [0.717, 1.165) is 46.7 Å². The molecular weight excluding hydrogens is 266 g/mol. The minimum Gasteiger partial charge on any atom is -0.313 e. The van der Waals surface area contributed by atoms with Gasteiger partial charge in [-0.2, -0.15) is 0 Å². The summed E-state index contributed by atoms with van der Waals surface area (Å²) in [6.07, 6.45) is 5.78. The van der Waals surface area contributed by atoms with Crippen LogP contribution >= 0.6 is 11.8 Å². The minimum absolute atomic E-state index is 0.804. The maximum Gasteiger partial charge on any atom is 0.188 e. The predicted molar refractivity (Wildman–Crippen MR) is 84.2 cm³/mol. The van der Waals surface area contributed by atoms with Gasteiger partial charge in [-0.05, 0) is 63.9 Å². The van der Waals surface area contributed by atoms with E-state index in [2.05, 4.69) is 36.1 Å². The largest absolute Gasteiger partial charge is 0.313 e. The van der Waals surface area contributed by atoms with Crippen LogP contribution < -0.4 is 5.32 Å². The van der Waals surface area contributed by atoms with Crippen LogP contribution in [0.25, 0.3) is 0 Å². The van der Waals surface area contributed by atoms with Gasteiger partial charge in [0.25, 0.3) is 0 Å². The molecule has 0 aliphatic heterocycles. The summed E-state index contributed by atoms with van der Waals surface area (Å²) < 4.78 is 0. The van der Waals surface area contributed by atoms with Gasteiger partial charge in [-0.25, -0.2) is 9.97 Å². The molecule has 1 aromatic heterocycles. The Morgan fingerprint density at radius 3 is 2.10 bits per heavy atom. The zero-order chi connectivity index (χ0) is 14.1. The molecule has 2 fully saturated rings. The van der Waals surface area contributed by atoms with Crippen molar-refractivity contribution < 1.29 is 0 Å². The molecule has 0 atom stereocenters. The Kier molecular flexibility index (Phi) is 4.32. The highest BCUT2D eigenvalue weighted by atomic mass is 32.2. The van der Waals surface area contributed by atoms with Gasteiger partial charge < -0.3 is 5.32 Å². The van der Waals surface area contributed by atoms with Crippen molar-refractivity contribution in [1.82, 2.24) is 15.3 Å². The highest BCUT2D eigenvalue weighted by molar-refractivity contribution is 7.99. The van der Waals surface area contributed by atoms with Gasteiger partial charge in [-0.15, -0.1) is 0 Å². The second kappa shape index (κ2) is 6.02. The highest BCUT2D eigenvalue weighted by Gasteiger charge is 2.40. The first-order valence-corrected chi connectivity index (χ1v) is 8.81. The van der Waals surface area contributed by atoms with Gasteiger partial charge in [0, 0.05) is 29.7 Å². The number of hydrogen-bond acceptors (Lipinski definition) is 4. The Morgan fingerprint density at radius 2 is 1.60 bits per heavy atom. The summed E-state index contributed by atoms with van der Waals surface area (Å²) >= 11 is 1.78. The van der Waals surface area contributed by atoms with Crippen LogP contribution in [0.15, 0.2) is 5.16 Å². The van der Waals surface area contributed by atoms with E-state index < -0.39 is 0 Å². The molecule has 0 spiro atoms. The Labute approximate surface area is 126 Å². The topological polar surface area (TPSA) is 37.8 Å². The predicted octanol–water partition coefficient (Wildman–Crippen LogP) is 3.27. The van der Waals surface area contributed by atoms with Crippen molar-refractivity contribution in [3.05, 3.63) is 17.0 Å². The first-order chi connectivity index (χ1) is 9.65. The molecule has 3 rings (SSSR count). The summed E-state index contributed by atoms with van der Waals surface area (Å²) in [7, 11) is 0. The van der Waals surface area contributed by atoms with Crippen molar-refractivity contribution >= 4 is 11.8 Å². The molecule has 20 heavy (non-hydrogen) atoms. The number of nitrogens with zero attached hydrogens (tertiary/aromatic N) is 2. The Morgan fingerprint density at radius 1 is 1.05 bits per heavy atom. The molecule has 1 N–H and O–H groups in total. The molecule has 2 saturated carbocycles. The lowest BCUT2D eigenvalue weighted by Crippen LogP contribution is -2.34. The van der Waals surface area contributed by atoms with Crippen molar-refractivity contribution in [3.63, 3.8) is 0 Å². The average molecular weight is 291 g/mol. The van der Waals surface area contributed by atoms with Gasteiger partial charge in [0.2, 0.25) is 0 Å². The van der Waals surface area contributed by atoms with Crippen LogP contribution in [-0.4, -0.2) is 28.3 Å². The maximum absolute atomic E-state index is 4.57. The molecule has 110 valence electrons. The molecule has 4 heteroatoms. The third-order valence-electron chi connectivity index (χ3n) is 4.59. The van der Waals surface area contributed by atoms with Crippen molar-refractivity contribution in [3.8, 4) is 0 Å². The second-order valence-corrected chi connectivity index (χ2v) is 7.37. The van der Waals surface area contributed by atoms with E-state index in [9.17, 15) is 0 Å². The van der Waals surface area contributed by atoms with Crippen LogP contribution in [0.5, 0.6) is 0 Å². The van der Waals surface area contributed by atoms with Crippen LogP contribution in [0.4, 0.5) is 0 Å². The van der Waals surface area contributed by atoms with E-state index in [1.165, 1.54) is 31.2 Å². The van der Waals surface area contributed by atoms with Gasteiger partial charge in [0.05, 0.1) is 0 Å². The molecule has 0 radical (unpaired) electrons. The SMILES string of the molecule is Cc1nc(SCCNC(C2CC2)C2CC2)nc(C)c1C. The Hall–Kier alpha value is -0.610. The number of aromatic nitrogens is 2. The first-order valence-electron chi connectivity index (χ1n) is 7.83. The number of thioether (sulfide) groups is 1. The molecule has 0 aromatic carbocycles. The van der Waals surface area contributed by atoms with E-state index in [4.69, 9.17) is 0 Å². The van der Waals surface area contributed by atoms with Crippen LogP contribution in [0.1, 0.15) is 42.6 Å². The molecule has 2 aliphatic carbocycles. The van der Waals surface area contributed by atoms with E-state index >= 15 is 0 Å². The van der Waals surface area contributed by atoms with Crippen LogP contribution in [0, 0.1) is 32.6 Å². The summed E-state index contributed by atoms with van der Waals surface area (Å²) in [5.74, 6) is 3.03. The summed E-state index contributed by atoms with van der Waals surface area (Å²) in [4.78, 5) is 9.14. The third-order valence-corrected chi connectivity index (χ3v) is 5.43. The van der Waals surface area contributed by atoms with Crippen LogP contribution in [0.2, 0.25) is 0 Å². The van der Waals surface area contributed by atoms with Crippen LogP contribution in [-0.2, 0) is 0 Å². The summed E-state index contributed by atoms with van der Waals surface area (Å²) in [6, 6.07) is 0.804. The molecular formula is C16H25N3S. The highest BCUT2D eigenvalue weighted by Crippen LogP contribution is 2.44. The van der Waals surface area contributed by atoms with E-state index in [1.807, 2.05) is 0 Å². The van der Waals surface area contributed by atoms with Gasteiger partial charge >= 0.3 is 0 Å². The lowest BCUT2D eigenvalue weighted by molar-refractivity contribution is 0.429. The zero-order valence-corrected chi connectivity index (χ0v) is 13.6. The van der Waals surface area contributed by atoms with Gasteiger partial charge in [-0.1, -0.05) is 11.8 Å². The molecule has 2 aliphatic rings. The normalized spacial score (nSPS) is 18.8. The number of aryl methyl sites for hydroxylation is 2.